The SMILES string of the molecule is C=C(CNCCC)COc1ccc(CC#N)cc1. The maximum atomic E-state index is 8.57. The lowest BCUT2D eigenvalue weighted by Crippen LogP contribution is -2.20. The second-order valence-corrected chi connectivity index (χ2v) is 4.19. The second kappa shape index (κ2) is 8.32. The van der Waals surface area contributed by atoms with Gasteiger partial charge in [0.15, 0.2) is 0 Å². The molecule has 1 aromatic rings. The number of rotatable bonds is 8. The normalized spacial score (nSPS) is 9.78. The third kappa shape index (κ3) is 5.51. The van der Waals surface area contributed by atoms with E-state index in [1.165, 1.54) is 0 Å². The van der Waals surface area contributed by atoms with Gasteiger partial charge in [-0.3, -0.25) is 0 Å². The highest BCUT2D eigenvalue weighted by Gasteiger charge is 1.98. The highest BCUT2D eigenvalue weighted by Crippen LogP contribution is 2.13. The third-order valence-corrected chi connectivity index (χ3v) is 2.45. The predicted molar refractivity (Wildman–Crippen MR) is 73.6 cm³/mol. The summed E-state index contributed by atoms with van der Waals surface area (Å²) in [4.78, 5) is 0. The summed E-state index contributed by atoms with van der Waals surface area (Å²) in [5.74, 6) is 0.813. The molecular formula is C15H20N2O. The maximum absolute atomic E-state index is 8.57. The predicted octanol–water partition coefficient (Wildman–Crippen LogP) is 2.69. The van der Waals surface area contributed by atoms with Crippen LogP contribution in [0.15, 0.2) is 36.4 Å². The van der Waals surface area contributed by atoms with Crippen molar-refractivity contribution in [3.05, 3.63) is 42.0 Å². The molecule has 0 unspecified atom stereocenters. The molecule has 0 bridgehead atoms. The molecule has 1 aromatic carbocycles. The van der Waals surface area contributed by atoms with E-state index < -0.39 is 0 Å². The molecule has 0 saturated heterocycles. The molecule has 0 atom stereocenters. The van der Waals surface area contributed by atoms with Crippen LogP contribution in [-0.4, -0.2) is 19.7 Å². The van der Waals surface area contributed by atoms with Crippen molar-refractivity contribution in [2.24, 2.45) is 0 Å². The fourth-order valence-corrected chi connectivity index (χ4v) is 1.47. The monoisotopic (exact) mass is 244 g/mol. The van der Waals surface area contributed by atoms with Crippen molar-refractivity contribution in [1.29, 1.82) is 5.26 Å². The van der Waals surface area contributed by atoms with Crippen LogP contribution in [-0.2, 0) is 6.42 Å². The van der Waals surface area contributed by atoms with Gasteiger partial charge >= 0.3 is 0 Å². The standard InChI is InChI=1S/C15H20N2O/c1-3-10-17-11-13(2)12-18-15-6-4-14(5-7-15)8-9-16/h4-7,17H,2-3,8,10-12H2,1H3. The Labute approximate surface area is 109 Å². The van der Waals surface area contributed by atoms with Crippen LogP contribution in [0.4, 0.5) is 0 Å². The van der Waals surface area contributed by atoms with E-state index in [0.717, 1.165) is 36.4 Å². The van der Waals surface area contributed by atoms with Gasteiger partial charge in [0.2, 0.25) is 0 Å². The first-order chi connectivity index (χ1) is 8.76. The smallest absolute Gasteiger partial charge is 0.119 e. The molecule has 3 nitrogen and oxygen atoms in total. The Kier molecular flexibility index (Phi) is 6.60. The van der Waals surface area contributed by atoms with Crippen LogP contribution in [0.25, 0.3) is 0 Å². The number of hydrogen-bond donors (Lipinski definition) is 1. The highest BCUT2D eigenvalue weighted by molar-refractivity contribution is 5.29. The highest BCUT2D eigenvalue weighted by atomic mass is 16.5. The van der Waals surface area contributed by atoms with Crippen LogP contribution in [0, 0.1) is 11.3 Å². The van der Waals surface area contributed by atoms with E-state index in [0.29, 0.717) is 13.0 Å². The Balaban J connectivity index is 2.30. The van der Waals surface area contributed by atoms with Crippen LogP contribution in [0.2, 0.25) is 0 Å². The van der Waals surface area contributed by atoms with E-state index in [-0.39, 0.29) is 0 Å². The summed E-state index contributed by atoms with van der Waals surface area (Å²) in [5, 5.41) is 11.8. The van der Waals surface area contributed by atoms with Gasteiger partial charge in [0.25, 0.3) is 0 Å². The van der Waals surface area contributed by atoms with Crippen molar-refractivity contribution in [2.45, 2.75) is 19.8 Å². The van der Waals surface area contributed by atoms with E-state index in [1.54, 1.807) is 0 Å². The van der Waals surface area contributed by atoms with E-state index in [2.05, 4.69) is 24.9 Å². The molecule has 0 amide bonds. The molecule has 3 heteroatoms. The molecule has 1 N–H and O–H groups in total. The van der Waals surface area contributed by atoms with Crippen LogP contribution in [0.1, 0.15) is 18.9 Å². The quantitative estimate of drug-likeness (QED) is 0.565. The first-order valence-electron chi connectivity index (χ1n) is 6.22. The van der Waals surface area contributed by atoms with E-state index in [1.807, 2.05) is 24.3 Å². The summed E-state index contributed by atoms with van der Waals surface area (Å²) in [6.07, 6.45) is 1.56. The number of hydrogen-bond acceptors (Lipinski definition) is 3. The first kappa shape index (κ1) is 14.3. The molecule has 0 spiro atoms. The van der Waals surface area contributed by atoms with Gasteiger partial charge in [0.1, 0.15) is 12.4 Å². The average molecular weight is 244 g/mol. The lowest BCUT2D eigenvalue weighted by Gasteiger charge is -2.09. The molecule has 0 heterocycles. The Morgan fingerprint density at radius 1 is 1.39 bits per heavy atom. The van der Waals surface area contributed by atoms with Crippen LogP contribution in [0.3, 0.4) is 0 Å². The average Bonchev–Trinajstić information content (AvgIpc) is 2.39. The second-order valence-electron chi connectivity index (χ2n) is 4.19. The van der Waals surface area contributed by atoms with Gasteiger partial charge < -0.3 is 10.1 Å². The molecule has 0 aromatic heterocycles. The van der Waals surface area contributed by atoms with Crippen LogP contribution in [0.5, 0.6) is 5.75 Å². The van der Waals surface area contributed by atoms with Crippen molar-refractivity contribution >= 4 is 0 Å². The van der Waals surface area contributed by atoms with Gasteiger partial charge in [-0.1, -0.05) is 25.6 Å². The molecule has 0 radical (unpaired) electrons. The van der Waals surface area contributed by atoms with Gasteiger partial charge in [0, 0.05) is 6.54 Å². The van der Waals surface area contributed by atoms with Crippen molar-refractivity contribution in [1.82, 2.24) is 5.32 Å². The Morgan fingerprint density at radius 2 is 2.11 bits per heavy atom. The Hall–Kier alpha value is -1.79. The molecule has 0 fully saturated rings. The van der Waals surface area contributed by atoms with Gasteiger partial charge in [0.05, 0.1) is 12.5 Å². The fraction of sp³-hybridized carbons (Fsp3) is 0.400. The molecule has 1 rings (SSSR count). The van der Waals surface area contributed by atoms with Gasteiger partial charge in [-0.25, -0.2) is 0 Å². The first-order valence-corrected chi connectivity index (χ1v) is 6.22. The van der Waals surface area contributed by atoms with Crippen molar-refractivity contribution < 1.29 is 4.74 Å². The minimum Gasteiger partial charge on any atom is -0.489 e. The zero-order chi connectivity index (χ0) is 13.2. The minimum atomic E-state index is 0.438. The van der Waals surface area contributed by atoms with E-state index in [9.17, 15) is 0 Å². The summed E-state index contributed by atoms with van der Waals surface area (Å²) in [7, 11) is 0. The molecule has 96 valence electrons. The molecule has 0 aliphatic carbocycles. The minimum absolute atomic E-state index is 0.438. The lowest BCUT2D eigenvalue weighted by molar-refractivity contribution is 0.348. The number of nitrogens with one attached hydrogen (secondary N) is 1. The third-order valence-electron chi connectivity index (χ3n) is 2.45. The molecule has 0 aliphatic heterocycles. The zero-order valence-electron chi connectivity index (χ0n) is 10.9. The number of ether oxygens (including phenoxy) is 1. The number of nitrogens with zero attached hydrogens (tertiary/aromatic N) is 1. The summed E-state index contributed by atoms with van der Waals surface area (Å²) in [6, 6.07) is 9.72. The molecular weight excluding hydrogens is 224 g/mol. The fourth-order valence-electron chi connectivity index (χ4n) is 1.47. The molecule has 0 aliphatic rings. The van der Waals surface area contributed by atoms with Gasteiger partial charge in [-0.15, -0.1) is 0 Å². The number of benzene rings is 1. The maximum Gasteiger partial charge on any atom is 0.119 e. The summed E-state index contributed by atoms with van der Waals surface area (Å²) >= 11 is 0. The lowest BCUT2D eigenvalue weighted by atomic mass is 10.2. The van der Waals surface area contributed by atoms with Crippen molar-refractivity contribution in [3.63, 3.8) is 0 Å². The largest absolute Gasteiger partial charge is 0.489 e. The zero-order valence-corrected chi connectivity index (χ0v) is 10.9. The number of nitriles is 1. The van der Waals surface area contributed by atoms with Crippen LogP contribution >= 0.6 is 0 Å². The van der Waals surface area contributed by atoms with Gasteiger partial charge in [-0.2, -0.15) is 5.26 Å². The molecule has 18 heavy (non-hydrogen) atoms. The Bertz CT molecular complexity index is 403. The Morgan fingerprint density at radius 3 is 2.72 bits per heavy atom. The van der Waals surface area contributed by atoms with E-state index in [4.69, 9.17) is 10.00 Å². The van der Waals surface area contributed by atoms with Crippen molar-refractivity contribution in [3.8, 4) is 11.8 Å². The van der Waals surface area contributed by atoms with Crippen LogP contribution < -0.4 is 10.1 Å². The van der Waals surface area contributed by atoms with Gasteiger partial charge in [-0.05, 0) is 36.2 Å². The van der Waals surface area contributed by atoms with E-state index >= 15 is 0 Å². The summed E-state index contributed by atoms with van der Waals surface area (Å²) < 4.78 is 5.61. The summed E-state index contributed by atoms with van der Waals surface area (Å²) in [5.41, 5.74) is 2.04. The summed E-state index contributed by atoms with van der Waals surface area (Å²) in [6.45, 7) is 8.41. The molecule has 0 saturated carbocycles. The van der Waals surface area contributed by atoms with Crippen molar-refractivity contribution in [2.75, 3.05) is 19.7 Å². The topological polar surface area (TPSA) is 45.0 Å².